The molecule has 0 spiro atoms. The lowest BCUT2D eigenvalue weighted by Gasteiger charge is -2.22. The van der Waals surface area contributed by atoms with Gasteiger partial charge in [0.25, 0.3) is 0 Å². The van der Waals surface area contributed by atoms with Crippen LogP contribution in [0.2, 0.25) is 0 Å². The normalized spacial score (nSPS) is 12.4. The largest absolute Gasteiger partial charge is 0.466 e. The molecular weight excluding hydrogens is 911 g/mol. The number of hydrogen-bond acceptors (Lipinski definition) is 5. The zero-order chi connectivity index (χ0) is 53.6. The fourth-order valence-corrected chi connectivity index (χ4v) is 11.2. The summed E-state index contributed by atoms with van der Waals surface area (Å²) in [6.45, 7) is 5.00. The van der Waals surface area contributed by atoms with E-state index in [4.69, 9.17) is 4.74 Å². The van der Waals surface area contributed by atoms with Gasteiger partial charge in [-0.1, -0.05) is 361 Å². The molecule has 0 bridgehead atoms. The highest BCUT2D eigenvalue weighted by Gasteiger charge is 2.20. The number of carbonyl (C=O) groups is 2. The summed E-state index contributed by atoms with van der Waals surface area (Å²) in [5.41, 5.74) is 0. The van der Waals surface area contributed by atoms with Crippen LogP contribution in [0.5, 0.6) is 0 Å². The van der Waals surface area contributed by atoms with Gasteiger partial charge in [0.2, 0.25) is 5.91 Å². The molecule has 0 heterocycles. The molecule has 1 amide bonds. The van der Waals surface area contributed by atoms with Crippen molar-refractivity contribution in [3.8, 4) is 0 Å². The molecule has 0 aliphatic heterocycles. The third-order valence-corrected chi connectivity index (χ3v) is 16.4. The average molecular weight is 1050 g/mol. The Morgan fingerprint density at radius 3 is 0.824 bits per heavy atom. The number of ether oxygens (including phenoxy) is 1. The van der Waals surface area contributed by atoms with Crippen LogP contribution in [-0.4, -0.2) is 47.4 Å². The van der Waals surface area contributed by atoms with Crippen LogP contribution >= 0.6 is 0 Å². The van der Waals surface area contributed by atoms with Gasteiger partial charge in [-0.05, 0) is 25.7 Å². The van der Waals surface area contributed by atoms with E-state index in [0.29, 0.717) is 25.9 Å². The van der Waals surface area contributed by atoms with Gasteiger partial charge in [-0.15, -0.1) is 0 Å². The van der Waals surface area contributed by atoms with Crippen molar-refractivity contribution in [2.45, 2.75) is 411 Å². The fourth-order valence-electron chi connectivity index (χ4n) is 11.2. The SMILES string of the molecule is CCCCCCCCCCCCCCCCCCCCC(O)C(CO)NC(=O)CCCCCCCCCCCCCCCCCCCCCCCCCOC(=O)CCCCCCCCCCCCCCCCCC. The van der Waals surface area contributed by atoms with E-state index < -0.39 is 12.1 Å². The van der Waals surface area contributed by atoms with Gasteiger partial charge >= 0.3 is 5.97 Å². The summed E-state index contributed by atoms with van der Waals surface area (Å²) in [4.78, 5) is 24.6. The van der Waals surface area contributed by atoms with E-state index in [-0.39, 0.29) is 18.5 Å². The van der Waals surface area contributed by atoms with Crippen molar-refractivity contribution in [1.29, 1.82) is 0 Å². The van der Waals surface area contributed by atoms with Crippen molar-refractivity contribution < 1.29 is 24.5 Å². The van der Waals surface area contributed by atoms with E-state index in [1.165, 1.54) is 327 Å². The molecule has 0 aliphatic carbocycles. The maximum Gasteiger partial charge on any atom is 0.305 e. The summed E-state index contributed by atoms with van der Waals surface area (Å²) in [5, 5.41) is 23.4. The van der Waals surface area contributed by atoms with Crippen LogP contribution in [0.4, 0.5) is 0 Å². The summed E-state index contributed by atoms with van der Waals surface area (Å²) in [7, 11) is 0. The molecule has 0 saturated carbocycles. The van der Waals surface area contributed by atoms with Gasteiger partial charge in [0.15, 0.2) is 0 Å². The number of aliphatic hydroxyl groups excluding tert-OH is 2. The van der Waals surface area contributed by atoms with Crippen molar-refractivity contribution in [3.05, 3.63) is 0 Å². The molecule has 0 aromatic heterocycles. The zero-order valence-corrected chi connectivity index (χ0v) is 50.6. The summed E-state index contributed by atoms with van der Waals surface area (Å²) in [5.74, 6) is -0.0105. The molecule has 3 N–H and O–H groups in total. The van der Waals surface area contributed by atoms with Crippen LogP contribution in [0, 0.1) is 0 Å². The van der Waals surface area contributed by atoms with Gasteiger partial charge in [0, 0.05) is 12.8 Å². The molecule has 6 heteroatoms. The maximum atomic E-state index is 12.5. The van der Waals surface area contributed by atoms with E-state index in [1.54, 1.807) is 0 Å². The van der Waals surface area contributed by atoms with Crippen LogP contribution < -0.4 is 5.32 Å². The molecule has 0 rings (SSSR count). The zero-order valence-electron chi connectivity index (χ0n) is 50.6. The molecule has 0 fully saturated rings. The lowest BCUT2D eigenvalue weighted by Crippen LogP contribution is -2.45. The minimum absolute atomic E-state index is 0.0193. The first-order chi connectivity index (χ1) is 36.5. The number of amides is 1. The lowest BCUT2D eigenvalue weighted by atomic mass is 10.0. The topological polar surface area (TPSA) is 95.9 Å². The van der Waals surface area contributed by atoms with Crippen LogP contribution in [-0.2, 0) is 14.3 Å². The molecule has 0 aromatic carbocycles. The Labute approximate surface area is 464 Å². The molecule has 2 atom stereocenters. The molecular formula is C68H135NO5. The molecule has 74 heavy (non-hydrogen) atoms. The summed E-state index contributed by atoms with van der Waals surface area (Å²) in [6, 6.07) is -0.540. The monoisotopic (exact) mass is 1050 g/mol. The molecule has 0 saturated heterocycles. The minimum atomic E-state index is -0.663. The first-order valence-corrected chi connectivity index (χ1v) is 34.3. The van der Waals surface area contributed by atoms with Crippen LogP contribution in [0.25, 0.3) is 0 Å². The second-order valence-electron chi connectivity index (χ2n) is 23.9. The van der Waals surface area contributed by atoms with Gasteiger partial charge < -0.3 is 20.3 Å². The Bertz CT molecular complexity index is 1070. The van der Waals surface area contributed by atoms with Crippen molar-refractivity contribution in [3.63, 3.8) is 0 Å². The fraction of sp³-hybridized carbons (Fsp3) is 0.971. The predicted octanol–water partition coefficient (Wildman–Crippen LogP) is 21.8. The Hall–Kier alpha value is -1.14. The van der Waals surface area contributed by atoms with Crippen molar-refractivity contribution in [2.75, 3.05) is 13.2 Å². The highest BCUT2D eigenvalue weighted by Crippen LogP contribution is 2.19. The Morgan fingerprint density at radius 2 is 0.554 bits per heavy atom. The number of hydrogen-bond donors (Lipinski definition) is 3. The quantitative estimate of drug-likeness (QED) is 0.0417. The molecule has 0 aliphatic rings. The standard InChI is InChI=1S/C68H135NO5/c1-3-5-7-9-11-13-15-17-19-21-29-32-36-40-44-48-52-56-60-66(71)65(64-70)69-67(72)61-57-53-49-45-41-37-33-30-27-25-23-22-24-26-28-31-35-39-43-47-51-55-59-63-74-68(73)62-58-54-50-46-42-38-34-20-18-16-14-12-10-8-6-4-2/h65-66,70-71H,3-64H2,1-2H3,(H,69,72). The van der Waals surface area contributed by atoms with Crippen LogP contribution in [0.3, 0.4) is 0 Å². The molecule has 2 unspecified atom stereocenters. The predicted molar refractivity (Wildman–Crippen MR) is 324 cm³/mol. The van der Waals surface area contributed by atoms with Crippen LogP contribution in [0.1, 0.15) is 399 Å². The molecule has 442 valence electrons. The second-order valence-corrected chi connectivity index (χ2v) is 23.9. The Balaban J connectivity index is 3.35. The van der Waals surface area contributed by atoms with E-state index in [2.05, 4.69) is 19.2 Å². The van der Waals surface area contributed by atoms with E-state index in [9.17, 15) is 19.8 Å². The van der Waals surface area contributed by atoms with E-state index in [0.717, 1.165) is 38.5 Å². The minimum Gasteiger partial charge on any atom is -0.466 e. The number of aliphatic hydroxyl groups is 2. The van der Waals surface area contributed by atoms with E-state index in [1.807, 2.05) is 0 Å². The number of unbranched alkanes of at least 4 members (excludes halogenated alkanes) is 54. The van der Waals surface area contributed by atoms with Crippen molar-refractivity contribution in [2.24, 2.45) is 0 Å². The smallest absolute Gasteiger partial charge is 0.305 e. The summed E-state index contributed by atoms with van der Waals surface area (Å²) < 4.78 is 5.50. The average Bonchev–Trinajstić information content (AvgIpc) is 3.40. The van der Waals surface area contributed by atoms with Gasteiger partial charge in [-0.25, -0.2) is 0 Å². The number of carbonyl (C=O) groups excluding carboxylic acids is 2. The van der Waals surface area contributed by atoms with E-state index >= 15 is 0 Å². The Morgan fingerprint density at radius 1 is 0.324 bits per heavy atom. The van der Waals surface area contributed by atoms with Crippen molar-refractivity contribution >= 4 is 11.9 Å². The number of esters is 1. The van der Waals surface area contributed by atoms with Gasteiger partial charge in [0.1, 0.15) is 0 Å². The Kier molecular flexibility index (Phi) is 63.4. The lowest BCUT2D eigenvalue weighted by molar-refractivity contribution is -0.143. The highest BCUT2D eigenvalue weighted by atomic mass is 16.5. The molecule has 6 nitrogen and oxygen atoms in total. The van der Waals surface area contributed by atoms with Gasteiger partial charge in [0.05, 0.1) is 25.4 Å². The summed E-state index contributed by atoms with van der Waals surface area (Å²) in [6.07, 6.45) is 77.1. The highest BCUT2D eigenvalue weighted by molar-refractivity contribution is 5.76. The first-order valence-electron chi connectivity index (χ1n) is 34.3. The summed E-state index contributed by atoms with van der Waals surface area (Å²) >= 11 is 0. The third-order valence-electron chi connectivity index (χ3n) is 16.4. The van der Waals surface area contributed by atoms with Gasteiger partial charge in [-0.3, -0.25) is 9.59 Å². The van der Waals surface area contributed by atoms with Gasteiger partial charge in [-0.2, -0.15) is 0 Å². The van der Waals surface area contributed by atoms with Crippen LogP contribution in [0.15, 0.2) is 0 Å². The third kappa shape index (κ3) is 60.1. The number of rotatable bonds is 65. The first kappa shape index (κ1) is 72.9. The number of nitrogens with one attached hydrogen (secondary N) is 1. The second kappa shape index (κ2) is 64.4. The van der Waals surface area contributed by atoms with Crippen molar-refractivity contribution in [1.82, 2.24) is 5.32 Å². The molecule has 0 radical (unpaired) electrons. The maximum absolute atomic E-state index is 12.5. The molecule has 0 aromatic rings.